The number of aromatic nitrogens is 2. The zero-order chi connectivity index (χ0) is 18.5. The highest BCUT2D eigenvalue weighted by Gasteiger charge is 2.23. The third-order valence-corrected chi connectivity index (χ3v) is 6.12. The van der Waals surface area contributed by atoms with Crippen LogP contribution in [-0.4, -0.2) is 9.38 Å². The minimum atomic E-state index is 0.0426. The number of hydrogen-bond donors (Lipinski definition) is 0. The number of benzene rings is 1. The van der Waals surface area contributed by atoms with E-state index in [2.05, 4.69) is 93.2 Å². The molecule has 3 heterocycles. The normalized spacial score (nSPS) is 13.0. The van der Waals surface area contributed by atoms with E-state index in [4.69, 9.17) is 4.98 Å². The molecule has 1 aromatic carbocycles. The van der Waals surface area contributed by atoms with Gasteiger partial charge in [0.15, 0.2) is 0 Å². The predicted molar refractivity (Wildman–Crippen MR) is 112 cm³/mol. The van der Waals surface area contributed by atoms with Crippen molar-refractivity contribution in [3.63, 3.8) is 0 Å². The molecule has 0 radical (unpaired) electrons. The molecule has 0 saturated heterocycles. The summed E-state index contributed by atoms with van der Waals surface area (Å²) in [4.78, 5) is 4.86. The van der Waals surface area contributed by atoms with E-state index in [1.807, 2.05) is 0 Å². The van der Waals surface area contributed by atoms with E-state index in [0.29, 0.717) is 0 Å². The maximum absolute atomic E-state index is 4.86. The summed E-state index contributed by atoms with van der Waals surface area (Å²) in [6, 6.07) is 13.4. The molecule has 4 rings (SSSR count). The molecule has 134 valence electrons. The van der Waals surface area contributed by atoms with Crippen LogP contribution in [0.5, 0.6) is 0 Å². The molecule has 0 aliphatic carbocycles. The van der Waals surface area contributed by atoms with Crippen LogP contribution in [0.15, 0.2) is 54.2 Å². The number of hydrogen-bond acceptors (Lipinski definition) is 2. The van der Waals surface area contributed by atoms with Gasteiger partial charge in [0.05, 0.1) is 5.69 Å². The molecule has 0 aliphatic rings. The average Bonchev–Trinajstić information content (AvgIpc) is 3.17. The summed E-state index contributed by atoms with van der Waals surface area (Å²) < 4.78 is 3.53. The van der Waals surface area contributed by atoms with E-state index in [0.717, 1.165) is 17.8 Å². The van der Waals surface area contributed by atoms with Crippen molar-refractivity contribution in [1.82, 2.24) is 9.38 Å². The highest BCUT2D eigenvalue weighted by atomic mass is 32.1. The average molecular weight is 363 g/mol. The molecule has 0 saturated carbocycles. The first-order valence-corrected chi connectivity index (χ1v) is 10.1. The molecule has 4 aromatic rings. The summed E-state index contributed by atoms with van der Waals surface area (Å²) in [5.74, 6) is 0. The molecule has 0 aliphatic heterocycles. The molecular weight excluding hydrogens is 336 g/mol. The van der Waals surface area contributed by atoms with Gasteiger partial charge in [-0.2, -0.15) is 0 Å². The van der Waals surface area contributed by atoms with Crippen molar-refractivity contribution < 1.29 is 0 Å². The fraction of sp³-hybridized carbons (Fsp3) is 0.348. The first-order valence-electron chi connectivity index (χ1n) is 9.18. The van der Waals surface area contributed by atoms with Gasteiger partial charge in [-0.05, 0) is 57.0 Å². The molecule has 0 N–H and O–H groups in total. The van der Waals surface area contributed by atoms with Crippen LogP contribution in [0.3, 0.4) is 0 Å². The SMILES string of the molecule is CC(C)(C)c1ccc2nc(CC(C)(C)c3ccc4sccc4c3)cn2c1. The molecule has 2 nitrogen and oxygen atoms in total. The summed E-state index contributed by atoms with van der Waals surface area (Å²) in [5, 5.41) is 3.50. The highest BCUT2D eigenvalue weighted by Crippen LogP contribution is 2.32. The predicted octanol–water partition coefficient (Wildman–Crippen LogP) is 6.37. The largest absolute Gasteiger partial charge is 0.307 e. The van der Waals surface area contributed by atoms with Gasteiger partial charge in [0.2, 0.25) is 0 Å². The van der Waals surface area contributed by atoms with E-state index in [9.17, 15) is 0 Å². The van der Waals surface area contributed by atoms with Crippen LogP contribution in [0.25, 0.3) is 15.7 Å². The van der Waals surface area contributed by atoms with Crippen molar-refractivity contribution in [3.05, 3.63) is 71.0 Å². The molecule has 0 amide bonds. The Morgan fingerprint density at radius 3 is 2.46 bits per heavy atom. The number of fused-ring (bicyclic) bond motifs is 2. The van der Waals surface area contributed by atoms with Crippen LogP contribution in [0.4, 0.5) is 0 Å². The van der Waals surface area contributed by atoms with Gasteiger partial charge in [-0.1, -0.05) is 46.8 Å². The Labute approximate surface area is 159 Å². The maximum Gasteiger partial charge on any atom is 0.136 e. The molecule has 0 unspecified atom stereocenters. The summed E-state index contributed by atoms with van der Waals surface area (Å²) >= 11 is 1.80. The second-order valence-corrected chi connectivity index (χ2v) is 9.85. The van der Waals surface area contributed by atoms with Gasteiger partial charge in [-0.15, -0.1) is 11.3 Å². The lowest BCUT2D eigenvalue weighted by atomic mass is 9.80. The third-order valence-electron chi connectivity index (χ3n) is 5.22. The zero-order valence-corrected chi connectivity index (χ0v) is 17.0. The number of rotatable bonds is 3. The van der Waals surface area contributed by atoms with Gasteiger partial charge in [0, 0.05) is 23.5 Å². The van der Waals surface area contributed by atoms with E-state index in [1.165, 1.54) is 21.2 Å². The number of pyridine rings is 1. The second-order valence-electron chi connectivity index (χ2n) is 8.90. The van der Waals surface area contributed by atoms with Crippen molar-refractivity contribution in [2.45, 2.75) is 51.9 Å². The van der Waals surface area contributed by atoms with Crippen molar-refractivity contribution >= 4 is 27.1 Å². The monoisotopic (exact) mass is 362 g/mol. The lowest BCUT2D eigenvalue weighted by Crippen LogP contribution is -2.20. The molecule has 0 fully saturated rings. The zero-order valence-electron chi connectivity index (χ0n) is 16.2. The quantitative estimate of drug-likeness (QED) is 0.414. The van der Waals surface area contributed by atoms with Gasteiger partial charge in [-0.3, -0.25) is 0 Å². The molecular formula is C23H26N2S. The Balaban J connectivity index is 1.66. The molecule has 0 spiro atoms. The van der Waals surface area contributed by atoms with Gasteiger partial charge in [0.1, 0.15) is 5.65 Å². The first-order chi connectivity index (χ1) is 12.2. The number of thiophene rings is 1. The van der Waals surface area contributed by atoms with Crippen molar-refractivity contribution in [3.8, 4) is 0 Å². The Bertz CT molecular complexity index is 1080. The van der Waals surface area contributed by atoms with Crippen molar-refractivity contribution in [1.29, 1.82) is 0 Å². The molecule has 0 atom stereocenters. The minimum absolute atomic E-state index is 0.0426. The van der Waals surface area contributed by atoms with E-state index in [-0.39, 0.29) is 10.8 Å². The second kappa shape index (κ2) is 5.95. The van der Waals surface area contributed by atoms with Crippen LogP contribution in [-0.2, 0) is 17.3 Å². The Morgan fingerprint density at radius 1 is 0.923 bits per heavy atom. The van der Waals surface area contributed by atoms with Crippen molar-refractivity contribution in [2.75, 3.05) is 0 Å². The fourth-order valence-electron chi connectivity index (χ4n) is 3.52. The van der Waals surface area contributed by atoms with E-state index < -0.39 is 0 Å². The Kier molecular flexibility index (Phi) is 3.96. The van der Waals surface area contributed by atoms with Crippen LogP contribution in [0.1, 0.15) is 51.4 Å². The maximum atomic E-state index is 4.86. The first kappa shape index (κ1) is 17.3. The standard InChI is InChI=1S/C23H26N2S/c1-22(2,3)18-7-9-21-24-19(15-25(21)14-18)13-23(4,5)17-6-8-20-16(12-17)10-11-26-20/h6-12,14-15H,13H2,1-5H3. The Hall–Kier alpha value is -2.13. The highest BCUT2D eigenvalue weighted by molar-refractivity contribution is 7.17. The number of imidazole rings is 1. The van der Waals surface area contributed by atoms with Gasteiger partial charge >= 0.3 is 0 Å². The number of nitrogens with zero attached hydrogens (tertiary/aromatic N) is 2. The van der Waals surface area contributed by atoms with Gasteiger partial charge in [0.25, 0.3) is 0 Å². The lowest BCUT2D eigenvalue weighted by Gasteiger charge is -2.24. The lowest BCUT2D eigenvalue weighted by molar-refractivity contribution is 0.517. The Morgan fingerprint density at radius 2 is 1.69 bits per heavy atom. The smallest absolute Gasteiger partial charge is 0.136 e. The summed E-state index contributed by atoms with van der Waals surface area (Å²) in [6.45, 7) is 11.4. The van der Waals surface area contributed by atoms with Gasteiger partial charge in [-0.25, -0.2) is 4.98 Å². The molecule has 3 heteroatoms. The minimum Gasteiger partial charge on any atom is -0.307 e. The summed E-state index contributed by atoms with van der Waals surface area (Å²) in [5.41, 5.74) is 5.06. The molecule has 0 bridgehead atoms. The van der Waals surface area contributed by atoms with Gasteiger partial charge < -0.3 is 4.40 Å². The van der Waals surface area contributed by atoms with Crippen LogP contribution in [0.2, 0.25) is 0 Å². The fourth-order valence-corrected chi connectivity index (χ4v) is 4.29. The third kappa shape index (κ3) is 3.16. The van der Waals surface area contributed by atoms with Crippen LogP contribution in [0, 0.1) is 0 Å². The van der Waals surface area contributed by atoms with E-state index >= 15 is 0 Å². The van der Waals surface area contributed by atoms with Crippen LogP contribution >= 0.6 is 11.3 Å². The topological polar surface area (TPSA) is 17.3 Å². The molecule has 26 heavy (non-hydrogen) atoms. The van der Waals surface area contributed by atoms with E-state index in [1.54, 1.807) is 11.3 Å². The molecule has 3 aromatic heterocycles. The van der Waals surface area contributed by atoms with Crippen LogP contribution < -0.4 is 0 Å². The summed E-state index contributed by atoms with van der Waals surface area (Å²) in [7, 11) is 0. The van der Waals surface area contributed by atoms with Crippen molar-refractivity contribution in [2.24, 2.45) is 0 Å². The summed E-state index contributed by atoms with van der Waals surface area (Å²) in [6.07, 6.45) is 5.33.